The van der Waals surface area contributed by atoms with Gasteiger partial charge in [0.15, 0.2) is 0 Å². The molecule has 3 aromatic rings. The van der Waals surface area contributed by atoms with E-state index in [-0.39, 0.29) is 39.2 Å². The first-order valence-electron chi connectivity index (χ1n) is 9.36. The summed E-state index contributed by atoms with van der Waals surface area (Å²) in [7, 11) is 1.41. The van der Waals surface area contributed by atoms with E-state index in [1.807, 2.05) is 6.07 Å². The van der Waals surface area contributed by atoms with Crippen molar-refractivity contribution >= 4 is 57.8 Å². The topological polar surface area (TPSA) is 105 Å². The number of nitro benzene ring substituents is 1. The Hall–Kier alpha value is -3.62. The molecule has 10 heteroatoms. The van der Waals surface area contributed by atoms with E-state index in [0.29, 0.717) is 5.69 Å². The minimum absolute atomic E-state index is 0.0707. The second-order valence-corrected chi connectivity index (χ2v) is 7.60. The number of likely N-dealkylation sites (N-methyl/N-ethyl adjacent to an activating group) is 1. The van der Waals surface area contributed by atoms with Crippen molar-refractivity contribution in [1.82, 2.24) is 4.90 Å². The first kappa shape index (κ1) is 23.1. The lowest BCUT2D eigenvalue weighted by atomic mass is 10.1. The molecule has 0 heterocycles. The molecule has 0 spiro atoms. The van der Waals surface area contributed by atoms with Crippen molar-refractivity contribution in [2.45, 2.75) is 0 Å². The number of nitrogens with one attached hydrogen (secondary N) is 2. The molecule has 164 valence electrons. The van der Waals surface area contributed by atoms with E-state index in [2.05, 4.69) is 10.6 Å². The maximum atomic E-state index is 12.8. The van der Waals surface area contributed by atoms with Crippen LogP contribution in [0.25, 0.3) is 0 Å². The minimum Gasteiger partial charge on any atom is -0.350 e. The molecule has 8 nitrogen and oxygen atoms in total. The van der Waals surface area contributed by atoms with Gasteiger partial charge in [-0.3, -0.25) is 19.7 Å². The zero-order valence-electron chi connectivity index (χ0n) is 16.8. The number of halogens is 2. The van der Waals surface area contributed by atoms with E-state index in [1.165, 1.54) is 25.2 Å². The number of carbonyl (C=O) groups excluding carboxylic acids is 2. The predicted molar refractivity (Wildman–Crippen MR) is 125 cm³/mol. The quantitative estimate of drug-likeness (QED) is 0.355. The molecule has 3 aromatic carbocycles. The maximum absolute atomic E-state index is 12.8. The highest BCUT2D eigenvalue weighted by molar-refractivity contribution is 6.39. The molecule has 0 saturated heterocycles. The van der Waals surface area contributed by atoms with Crippen molar-refractivity contribution in [2.24, 2.45) is 0 Å². The summed E-state index contributed by atoms with van der Waals surface area (Å²) in [5, 5.41) is 17.6. The highest BCUT2D eigenvalue weighted by atomic mass is 35.5. The number of nitro groups is 1. The van der Waals surface area contributed by atoms with Crippen molar-refractivity contribution < 1.29 is 14.5 Å². The third-order valence-corrected chi connectivity index (χ3v) is 5.08. The molecular weight excluding hydrogens is 455 g/mol. The van der Waals surface area contributed by atoms with Crippen LogP contribution in [-0.4, -0.2) is 35.2 Å². The Morgan fingerprint density at radius 3 is 2.28 bits per heavy atom. The van der Waals surface area contributed by atoms with Gasteiger partial charge in [0.1, 0.15) is 5.69 Å². The van der Waals surface area contributed by atoms with Gasteiger partial charge in [-0.05, 0) is 36.4 Å². The van der Waals surface area contributed by atoms with Gasteiger partial charge in [-0.15, -0.1) is 0 Å². The lowest BCUT2D eigenvalue weighted by molar-refractivity contribution is -0.383. The number of amides is 2. The fourth-order valence-electron chi connectivity index (χ4n) is 2.90. The van der Waals surface area contributed by atoms with Gasteiger partial charge in [-0.2, -0.15) is 0 Å². The number of rotatable bonds is 7. The summed E-state index contributed by atoms with van der Waals surface area (Å²) in [6.45, 7) is -0.307. The first-order valence-corrected chi connectivity index (χ1v) is 10.1. The van der Waals surface area contributed by atoms with Gasteiger partial charge in [-0.25, -0.2) is 0 Å². The zero-order valence-corrected chi connectivity index (χ0v) is 18.4. The second kappa shape index (κ2) is 10.1. The molecule has 0 aliphatic rings. The molecule has 0 aliphatic heterocycles. The van der Waals surface area contributed by atoms with Gasteiger partial charge in [0, 0.05) is 24.4 Å². The van der Waals surface area contributed by atoms with Crippen LogP contribution in [0.4, 0.5) is 22.7 Å². The number of para-hydroxylation sites is 2. The van der Waals surface area contributed by atoms with Gasteiger partial charge in [-0.1, -0.05) is 47.5 Å². The molecule has 0 fully saturated rings. The number of carbonyl (C=O) groups is 2. The molecule has 0 unspecified atom stereocenters. The number of nitrogens with zero attached hydrogens (tertiary/aromatic N) is 2. The standard InChI is InChI=1S/C22H18Cl2N4O4/c1-27(13-20(29)26-21-16(23)8-5-9-17(21)24)22(30)14-10-11-18(19(12-14)28(31)32)25-15-6-3-2-4-7-15/h2-12,25H,13H2,1H3,(H,26,29). The van der Waals surface area contributed by atoms with Crippen LogP contribution in [0.3, 0.4) is 0 Å². The van der Waals surface area contributed by atoms with Crippen molar-refractivity contribution in [3.63, 3.8) is 0 Å². The third-order valence-electron chi connectivity index (χ3n) is 4.45. The van der Waals surface area contributed by atoms with E-state index in [9.17, 15) is 19.7 Å². The lowest BCUT2D eigenvalue weighted by Crippen LogP contribution is -2.35. The average Bonchev–Trinajstić information content (AvgIpc) is 2.76. The Kier molecular flexibility index (Phi) is 7.29. The smallest absolute Gasteiger partial charge is 0.293 e. The normalized spacial score (nSPS) is 10.3. The largest absolute Gasteiger partial charge is 0.350 e. The summed E-state index contributed by atoms with van der Waals surface area (Å²) in [5.74, 6) is -1.08. The fraction of sp³-hybridized carbons (Fsp3) is 0.0909. The molecule has 0 bridgehead atoms. The molecule has 0 saturated carbocycles. The SMILES string of the molecule is CN(CC(=O)Nc1c(Cl)cccc1Cl)C(=O)c1ccc(Nc2ccccc2)c([N+](=O)[O-])c1. The number of anilines is 3. The Balaban J connectivity index is 1.74. The van der Waals surface area contributed by atoms with Crippen molar-refractivity contribution in [2.75, 3.05) is 24.2 Å². The Labute approximate surface area is 193 Å². The number of hydrogen-bond acceptors (Lipinski definition) is 5. The van der Waals surface area contributed by atoms with Crippen LogP contribution >= 0.6 is 23.2 Å². The van der Waals surface area contributed by atoms with Crippen LogP contribution in [0.15, 0.2) is 66.7 Å². The van der Waals surface area contributed by atoms with E-state index in [0.717, 1.165) is 4.90 Å². The van der Waals surface area contributed by atoms with Crippen LogP contribution in [0.2, 0.25) is 10.0 Å². The molecule has 0 aromatic heterocycles. The molecular formula is C22H18Cl2N4O4. The molecule has 3 rings (SSSR count). The first-order chi connectivity index (χ1) is 15.3. The summed E-state index contributed by atoms with van der Waals surface area (Å²) < 4.78 is 0. The summed E-state index contributed by atoms with van der Waals surface area (Å²) in [4.78, 5) is 37.2. The third kappa shape index (κ3) is 5.54. The summed E-state index contributed by atoms with van der Waals surface area (Å²) in [6.07, 6.45) is 0. The summed E-state index contributed by atoms with van der Waals surface area (Å²) in [6, 6.07) is 17.8. The second-order valence-electron chi connectivity index (χ2n) is 6.79. The fourth-order valence-corrected chi connectivity index (χ4v) is 3.39. The highest BCUT2D eigenvalue weighted by Crippen LogP contribution is 2.30. The predicted octanol–water partition coefficient (Wildman–Crippen LogP) is 5.36. The van der Waals surface area contributed by atoms with Gasteiger partial charge in [0.2, 0.25) is 5.91 Å². The summed E-state index contributed by atoms with van der Waals surface area (Å²) >= 11 is 12.1. The van der Waals surface area contributed by atoms with Gasteiger partial charge >= 0.3 is 0 Å². The molecule has 32 heavy (non-hydrogen) atoms. The van der Waals surface area contributed by atoms with Gasteiger partial charge in [0.25, 0.3) is 11.6 Å². The van der Waals surface area contributed by atoms with Crippen molar-refractivity contribution in [1.29, 1.82) is 0 Å². The molecule has 2 amide bonds. The molecule has 0 aliphatic carbocycles. The van der Waals surface area contributed by atoms with Crippen molar-refractivity contribution in [3.8, 4) is 0 Å². The minimum atomic E-state index is -0.575. The zero-order chi connectivity index (χ0) is 23.3. The average molecular weight is 473 g/mol. The molecule has 0 atom stereocenters. The lowest BCUT2D eigenvalue weighted by Gasteiger charge is -2.18. The molecule has 2 N–H and O–H groups in total. The molecule has 0 radical (unpaired) electrons. The van der Waals surface area contributed by atoms with Crippen LogP contribution in [0, 0.1) is 10.1 Å². The number of hydrogen-bond donors (Lipinski definition) is 2. The van der Waals surface area contributed by atoms with E-state index >= 15 is 0 Å². The van der Waals surface area contributed by atoms with Gasteiger partial charge in [0.05, 0.1) is 27.2 Å². The summed E-state index contributed by atoms with van der Waals surface area (Å²) in [5.41, 5.74) is 0.962. The van der Waals surface area contributed by atoms with Crippen LogP contribution in [0.5, 0.6) is 0 Å². The van der Waals surface area contributed by atoms with E-state index < -0.39 is 16.7 Å². The van der Waals surface area contributed by atoms with Crippen LogP contribution < -0.4 is 10.6 Å². The van der Waals surface area contributed by atoms with Gasteiger partial charge < -0.3 is 15.5 Å². The number of benzene rings is 3. The van der Waals surface area contributed by atoms with Crippen LogP contribution in [-0.2, 0) is 4.79 Å². The van der Waals surface area contributed by atoms with E-state index in [4.69, 9.17) is 23.2 Å². The van der Waals surface area contributed by atoms with E-state index in [1.54, 1.807) is 42.5 Å². The Morgan fingerprint density at radius 2 is 1.66 bits per heavy atom. The van der Waals surface area contributed by atoms with Crippen molar-refractivity contribution in [3.05, 3.63) is 92.5 Å². The highest BCUT2D eigenvalue weighted by Gasteiger charge is 2.21. The van der Waals surface area contributed by atoms with Crippen LogP contribution in [0.1, 0.15) is 10.4 Å². The Bertz CT molecular complexity index is 1150. The maximum Gasteiger partial charge on any atom is 0.293 e. The monoisotopic (exact) mass is 472 g/mol. The Morgan fingerprint density at radius 1 is 1.00 bits per heavy atom.